The molecule has 0 aromatic heterocycles. The second-order valence-corrected chi connectivity index (χ2v) is 6.43. The SMILES string of the molecule is CCOc1cc(CNCCO)c(Cl)cc1OCc1c(Cl)cccc1Cl. The minimum Gasteiger partial charge on any atom is -0.490 e. The fourth-order valence-corrected chi connectivity index (χ4v) is 2.94. The summed E-state index contributed by atoms with van der Waals surface area (Å²) >= 11 is 18.7. The molecular weight excluding hydrogens is 385 g/mol. The Hall–Kier alpha value is -1.17. The number of ether oxygens (including phenoxy) is 2. The molecule has 4 nitrogen and oxygen atoms in total. The van der Waals surface area contributed by atoms with Crippen molar-refractivity contribution in [3.8, 4) is 11.5 Å². The number of halogens is 3. The summed E-state index contributed by atoms with van der Waals surface area (Å²) in [5.41, 5.74) is 1.57. The van der Waals surface area contributed by atoms with Crippen LogP contribution in [0.4, 0.5) is 0 Å². The minimum atomic E-state index is 0.0652. The van der Waals surface area contributed by atoms with E-state index in [1.165, 1.54) is 0 Å². The van der Waals surface area contributed by atoms with Gasteiger partial charge in [0, 0.05) is 39.8 Å². The Balaban J connectivity index is 2.19. The highest BCUT2D eigenvalue weighted by Crippen LogP contribution is 2.35. The molecule has 0 bridgehead atoms. The number of benzene rings is 2. The van der Waals surface area contributed by atoms with E-state index in [1.807, 2.05) is 13.0 Å². The molecule has 25 heavy (non-hydrogen) atoms. The third-order valence-electron chi connectivity index (χ3n) is 3.45. The largest absolute Gasteiger partial charge is 0.490 e. The topological polar surface area (TPSA) is 50.7 Å². The van der Waals surface area contributed by atoms with E-state index in [9.17, 15) is 0 Å². The second-order valence-electron chi connectivity index (χ2n) is 5.21. The summed E-state index contributed by atoms with van der Waals surface area (Å²) in [4.78, 5) is 0. The highest BCUT2D eigenvalue weighted by molar-refractivity contribution is 6.36. The van der Waals surface area contributed by atoms with Gasteiger partial charge in [0.1, 0.15) is 6.61 Å². The third-order valence-corrected chi connectivity index (χ3v) is 4.51. The molecule has 2 rings (SSSR count). The molecule has 0 aliphatic heterocycles. The second kappa shape index (κ2) is 10.1. The van der Waals surface area contributed by atoms with E-state index in [-0.39, 0.29) is 13.2 Å². The first kappa shape index (κ1) is 20.1. The average molecular weight is 405 g/mol. The van der Waals surface area contributed by atoms with Gasteiger partial charge in [-0.25, -0.2) is 0 Å². The van der Waals surface area contributed by atoms with Crippen molar-refractivity contribution in [1.29, 1.82) is 0 Å². The molecular formula is C18H20Cl3NO3. The quantitative estimate of drug-likeness (QED) is 0.594. The Morgan fingerprint density at radius 3 is 2.32 bits per heavy atom. The van der Waals surface area contributed by atoms with Crippen LogP contribution in [0.5, 0.6) is 11.5 Å². The third kappa shape index (κ3) is 5.66. The van der Waals surface area contributed by atoms with Crippen LogP contribution in [0.3, 0.4) is 0 Å². The average Bonchev–Trinajstić information content (AvgIpc) is 2.58. The number of nitrogens with one attached hydrogen (secondary N) is 1. The van der Waals surface area contributed by atoms with Crippen molar-refractivity contribution in [2.24, 2.45) is 0 Å². The maximum absolute atomic E-state index is 8.86. The molecule has 0 aliphatic carbocycles. The van der Waals surface area contributed by atoms with Crippen molar-refractivity contribution in [3.05, 3.63) is 56.5 Å². The van der Waals surface area contributed by atoms with E-state index in [1.54, 1.807) is 24.3 Å². The van der Waals surface area contributed by atoms with E-state index >= 15 is 0 Å². The van der Waals surface area contributed by atoms with Gasteiger partial charge in [-0.1, -0.05) is 40.9 Å². The number of rotatable bonds is 9. The first-order valence-corrected chi connectivity index (χ1v) is 9.02. The van der Waals surface area contributed by atoms with Crippen molar-refractivity contribution >= 4 is 34.8 Å². The Kier molecular flexibility index (Phi) is 8.13. The van der Waals surface area contributed by atoms with Crippen LogP contribution < -0.4 is 14.8 Å². The van der Waals surface area contributed by atoms with E-state index in [0.717, 1.165) is 5.56 Å². The van der Waals surface area contributed by atoms with Crippen molar-refractivity contribution in [3.63, 3.8) is 0 Å². The zero-order valence-corrected chi connectivity index (χ0v) is 16.1. The normalized spacial score (nSPS) is 10.8. The van der Waals surface area contributed by atoms with Crippen LogP contribution in [0, 0.1) is 0 Å². The molecule has 0 heterocycles. The molecule has 0 fully saturated rings. The van der Waals surface area contributed by atoms with Crippen LogP contribution in [-0.4, -0.2) is 24.9 Å². The molecule has 2 aromatic rings. The molecule has 2 aromatic carbocycles. The Morgan fingerprint density at radius 2 is 1.68 bits per heavy atom. The molecule has 0 unspecified atom stereocenters. The van der Waals surface area contributed by atoms with Crippen LogP contribution in [0.15, 0.2) is 30.3 Å². The minimum absolute atomic E-state index is 0.0652. The number of aliphatic hydroxyl groups is 1. The van der Waals surface area contributed by atoms with E-state index < -0.39 is 0 Å². The van der Waals surface area contributed by atoms with Gasteiger partial charge in [-0.2, -0.15) is 0 Å². The van der Waals surface area contributed by atoms with Gasteiger partial charge >= 0.3 is 0 Å². The standard InChI is InChI=1S/C18H20Cl3NO3/c1-2-24-17-8-12(10-22-6-7-23)16(21)9-18(17)25-11-13-14(19)4-3-5-15(13)20/h3-5,8-9,22-23H,2,6-7,10-11H2,1H3. The molecule has 0 saturated carbocycles. The smallest absolute Gasteiger partial charge is 0.163 e. The molecule has 0 saturated heterocycles. The Labute approximate surface area is 162 Å². The fourth-order valence-electron chi connectivity index (χ4n) is 2.22. The summed E-state index contributed by atoms with van der Waals surface area (Å²) in [6.07, 6.45) is 0. The maximum atomic E-state index is 8.86. The zero-order chi connectivity index (χ0) is 18.2. The molecule has 0 aliphatic rings. The maximum Gasteiger partial charge on any atom is 0.163 e. The van der Waals surface area contributed by atoms with Crippen LogP contribution in [-0.2, 0) is 13.2 Å². The van der Waals surface area contributed by atoms with Gasteiger partial charge < -0.3 is 19.9 Å². The van der Waals surface area contributed by atoms with Crippen molar-refractivity contribution < 1.29 is 14.6 Å². The molecule has 0 amide bonds. The molecule has 0 spiro atoms. The molecule has 7 heteroatoms. The Morgan fingerprint density at radius 1 is 1.00 bits per heavy atom. The lowest BCUT2D eigenvalue weighted by Crippen LogP contribution is -2.17. The summed E-state index contributed by atoms with van der Waals surface area (Å²) in [5, 5.41) is 13.6. The number of hydrogen-bond acceptors (Lipinski definition) is 4. The van der Waals surface area contributed by atoms with Gasteiger partial charge in [-0.05, 0) is 30.7 Å². The first-order chi connectivity index (χ1) is 12.1. The Bertz CT molecular complexity index is 690. The van der Waals surface area contributed by atoms with E-state index in [4.69, 9.17) is 49.4 Å². The summed E-state index contributed by atoms with van der Waals surface area (Å²) < 4.78 is 11.5. The van der Waals surface area contributed by atoms with Crippen LogP contribution in [0.1, 0.15) is 18.1 Å². The summed E-state index contributed by atoms with van der Waals surface area (Å²) in [6.45, 7) is 3.67. The summed E-state index contributed by atoms with van der Waals surface area (Å²) in [5.74, 6) is 1.12. The number of hydrogen-bond donors (Lipinski definition) is 2. The molecule has 136 valence electrons. The highest BCUT2D eigenvalue weighted by Gasteiger charge is 2.13. The van der Waals surface area contributed by atoms with Gasteiger partial charge in [0.05, 0.1) is 13.2 Å². The zero-order valence-electron chi connectivity index (χ0n) is 13.8. The summed E-state index contributed by atoms with van der Waals surface area (Å²) in [7, 11) is 0. The van der Waals surface area contributed by atoms with Crippen molar-refractivity contribution in [2.75, 3.05) is 19.8 Å². The van der Waals surface area contributed by atoms with Gasteiger partial charge in [0.15, 0.2) is 11.5 Å². The lowest BCUT2D eigenvalue weighted by Gasteiger charge is -2.16. The summed E-state index contributed by atoms with van der Waals surface area (Å²) in [6, 6.07) is 8.86. The van der Waals surface area contributed by atoms with Crippen molar-refractivity contribution in [1.82, 2.24) is 5.32 Å². The number of aliphatic hydroxyl groups excluding tert-OH is 1. The molecule has 2 N–H and O–H groups in total. The monoisotopic (exact) mass is 403 g/mol. The van der Waals surface area contributed by atoms with Gasteiger partial charge in [0.2, 0.25) is 0 Å². The predicted octanol–water partition coefficient (Wildman–Crippen LogP) is 4.71. The van der Waals surface area contributed by atoms with Gasteiger partial charge in [-0.3, -0.25) is 0 Å². The van der Waals surface area contributed by atoms with Crippen LogP contribution in [0.25, 0.3) is 0 Å². The van der Waals surface area contributed by atoms with Gasteiger partial charge in [0.25, 0.3) is 0 Å². The lowest BCUT2D eigenvalue weighted by molar-refractivity contribution is 0.269. The van der Waals surface area contributed by atoms with Crippen LogP contribution in [0.2, 0.25) is 15.1 Å². The van der Waals surface area contributed by atoms with Gasteiger partial charge in [-0.15, -0.1) is 0 Å². The molecule has 0 radical (unpaired) electrons. The molecule has 0 atom stereocenters. The van der Waals surface area contributed by atoms with Crippen LogP contribution >= 0.6 is 34.8 Å². The fraction of sp³-hybridized carbons (Fsp3) is 0.333. The van der Waals surface area contributed by atoms with E-state index in [0.29, 0.717) is 51.8 Å². The lowest BCUT2D eigenvalue weighted by atomic mass is 10.2. The van der Waals surface area contributed by atoms with E-state index in [2.05, 4.69) is 5.32 Å². The van der Waals surface area contributed by atoms with Crippen molar-refractivity contribution in [2.45, 2.75) is 20.1 Å². The highest BCUT2D eigenvalue weighted by atomic mass is 35.5. The predicted molar refractivity (Wildman–Crippen MR) is 102 cm³/mol. The first-order valence-electron chi connectivity index (χ1n) is 7.89.